The number of rotatable bonds is 5. The first-order chi connectivity index (χ1) is 16.1. The summed E-state index contributed by atoms with van der Waals surface area (Å²) in [4.78, 5) is 13.9. The van der Waals surface area contributed by atoms with Crippen molar-refractivity contribution in [3.05, 3.63) is 22.4 Å². The Morgan fingerprint density at radius 3 is 2.53 bits per heavy atom. The van der Waals surface area contributed by atoms with E-state index >= 15 is 0 Å². The molecule has 0 saturated heterocycles. The van der Waals surface area contributed by atoms with Gasteiger partial charge < -0.3 is 20.6 Å². The molecule has 34 heavy (non-hydrogen) atoms. The molecule has 0 spiro atoms. The minimum atomic E-state index is -0.747. The lowest BCUT2D eigenvalue weighted by Gasteiger charge is -2.63. The molecular formula is C28H43NO4S. The fourth-order valence-corrected chi connectivity index (χ4v) is 9.96. The van der Waals surface area contributed by atoms with Crippen LogP contribution in [0.4, 0.5) is 0 Å². The van der Waals surface area contributed by atoms with Crippen LogP contribution >= 0.6 is 11.3 Å². The molecule has 0 bridgehead atoms. The van der Waals surface area contributed by atoms with Gasteiger partial charge in [0.2, 0.25) is 5.91 Å². The summed E-state index contributed by atoms with van der Waals surface area (Å²) in [5.74, 6) is 1.80. The zero-order valence-electron chi connectivity index (χ0n) is 21.0. The Morgan fingerprint density at radius 2 is 1.79 bits per heavy atom. The molecule has 4 fully saturated rings. The smallest absolute Gasteiger partial charge is 0.220 e. The Hall–Kier alpha value is -0.950. The Kier molecular flexibility index (Phi) is 6.67. The standard InChI is InChI=1S/C28H43NO4S/c1-16(13-23(31)29-15-18-5-4-12-34-18)19-6-7-20-24-21(9-11-27(19,20)2)28(3)10-8-17(30)14-22(28)25(32)26(24)33/h4-5,12,16-17,19-22,24-26,30,32-33H,6-11,13-15H2,1-3H3,(H,29,31)/t16-,17-,19?,20+,21+,22?,24?,25-,26+,27?,28?/m1/s1. The van der Waals surface area contributed by atoms with Crippen molar-refractivity contribution in [3.63, 3.8) is 0 Å². The van der Waals surface area contributed by atoms with Gasteiger partial charge in [-0.25, -0.2) is 0 Å². The second-order valence-electron chi connectivity index (χ2n) is 12.6. The van der Waals surface area contributed by atoms with E-state index < -0.39 is 12.2 Å². The van der Waals surface area contributed by atoms with E-state index in [1.807, 2.05) is 11.4 Å². The van der Waals surface area contributed by atoms with Gasteiger partial charge in [-0.15, -0.1) is 11.3 Å². The molecule has 5 nitrogen and oxygen atoms in total. The summed E-state index contributed by atoms with van der Waals surface area (Å²) in [5, 5.41) is 38.1. The van der Waals surface area contributed by atoms with Crippen LogP contribution in [0.3, 0.4) is 0 Å². The number of aliphatic hydroxyl groups excluding tert-OH is 3. The van der Waals surface area contributed by atoms with E-state index in [9.17, 15) is 20.1 Å². The van der Waals surface area contributed by atoms with Gasteiger partial charge in [0, 0.05) is 11.3 Å². The van der Waals surface area contributed by atoms with Crippen molar-refractivity contribution >= 4 is 17.2 Å². The van der Waals surface area contributed by atoms with E-state index in [1.165, 1.54) is 4.88 Å². The minimum Gasteiger partial charge on any atom is -0.393 e. The molecule has 190 valence electrons. The summed E-state index contributed by atoms with van der Waals surface area (Å²) < 4.78 is 0. The Bertz CT molecular complexity index is 876. The number of aliphatic hydroxyl groups is 3. The zero-order chi connectivity index (χ0) is 24.3. The summed E-state index contributed by atoms with van der Waals surface area (Å²) in [6.07, 6.45) is 5.50. The van der Waals surface area contributed by atoms with E-state index in [2.05, 4.69) is 32.2 Å². The van der Waals surface area contributed by atoms with Crippen LogP contribution in [0.15, 0.2) is 17.5 Å². The molecule has 1 amide bonds. The van der Waals surface area contributed by atoms with E-state index in [0.717, 1.165) is 38.5 Å². The van der Waals surface area contributed by atoms with E-state index in [1.54, 1.807) is 11.3 Å². The summed E-state index contributed by atoms with van der Waals surface area (Å²) in [6.45, 7) is 7.58. The molecule has 4 aliphatic carbocycles. The molecule has 4 N–H and O–H groups in total. The first kappa shape index (κ1) is 24.7. The molecule has 0 aliphatic heterocycles. The number of nitrogens with one attached hydrogen (secondary N) is 1. The number of hydrogen-bond acceptors (Lipinski definition) is 5. The van der Waals surface area contributed by atoms with Crippen LogP contribution in [-0.2, 0) is 11.3 Å². The molecule has 6 heteroatoms. The van der Waals surface area contributed by atoms with Crippen LogP contribution < -0.4 is 5.32 Å². The Balaban J connectivity index is 1.30. The molecule has 11 atom stereocenters. The highest BCUT2D eigenvalue weighted by atomic mass is 32.1. The average molecular weight is 490 g/mol. The second-order valence-corrected chi connectivity index (χ2v) is 13.6. The van der Waals surface area contributed by atoms with Crippen molar-refractivity contribution in [2.75, 3.05) is 0 Å². The van der Waals surface area contributed by atoms with E-state index in [-0.39, 0.29) is 34.7 Å². The van der Waals surface area contributed by atoms with Crippen LogP contribution in [0.25, 0.3) is 0 Å². The van der Waals surface area contributed by atoms with Crippen molar-refractivity contribution in [3.8, 4) is 0 Å². The number of amides is 1. The maximum absolute atomic E-state index is 12.7. The number of carbonyl (C=O) groups is 1. The largest absolute Gasteiger partial charge is 0.393 e. The minimum absolute atomic E-state index is 0.00471. The lowest BCUT2D eigenvalue weighted by molar-refractivity contribution is -0.223. The molecule has 5 rings (SSSR count). The first-order valence-electron chi connectivity index (χ1n) is 13.5. The SMILES string of the molecule is C[C@H](CC(=O)NCc1cccs1)C1CC[C@H]2C3[C@H](O)[C@H](O)C4C[C@H](O)CCC4(C)[C@H]3CCC12C. The topological polar surface area (TPSA) is 89.8 Å². The van der Waals surface area contributed by atoms with Crippen molar-refractivity contribution in [2.24, 2.45) is 46.3 Å². The zero-order valence-corrected chi connectivity index (χ0v) is 21.8. The van der Waals surface area contributed by atoms with Crippen LogP contribution in [0.5, 0.6) is 0 Å². The highest BCUT2D eigenvalue weighted by Gasteiger charge is 2.65. The van der Waals surface area contributed by atoms with Gasteiger partial charge in [0.25, 0.3) is 0 Å². The third-order valence-corrected chi connectivity index (χ3v) is 11.9. The number of hydrogen-bond donors (Lipinski definition) is 4. The van der Waals surface area contributed by atoms with E-state index in [0.29, 0.717) is 43.1 Å². The predicted octanol–water partition coefficient (Wildman–Crippen LogP) is 4.35. The van der Waals surface area contributed by atoms with Crippen LogP contribution in [0.1, 0.15) is 77.0 Å². The molecule has 1 aromatic rings. The van der Waals surface area contributed by atoms with Gasteiger partial charge in [-0.2, -0.15) is 0 Å². The van der Waals surface area contributed by atoms with Crippen LogP contribution in [0, 0.1) is 46.3 Å². The fraction of sp³-hybridized carbons (Fsp3) is 0.821. The van der Waals surface area contributed by atoms with Crippen molar-refractivity contribution in [2.45, 2.75) is 97.0 Å². The van der Waals surface area contributed by atoms with Crippen molar-refractivity contribution in [1.82, 2.24) is 5.32 Å². The quantitative estimate of drug-likeness (QED) is 0.495. The Morgan fingerprint density at radius 1 is 1.06 bits per heavy atom. The van der Waals surface area contributed by atoms with Crippen molar-refractivity contribution < 1.29 is 20.1 Å². The first-order valence-corrected chi connectivity index (χ1v) is 14.4. The Labute approximate surface area is 208 Å². The molecule has 0 radical (unpaired) electrons. The summed E-state index contributed by atoms with van der Waals surface area (Å²) in [7, 11) is 0. The third kappa shape index (κ3) is 3.97. The maximum Gasteiger partial charge on any atom is 0.220 e. The number of thiophene rings is 1. The molecule has 5 unspecified atom stereocenters. The summed E-state index contributed by atoms with van der Waals surface area (Å²) >= 11 is 1.67. The lowest BCUT2D eigenvalue weighted by atomic mass is 9.43. The van der Waals surface area contributed by atoms with Crippen LogP contribution in [-0.4, -0.2) is 39.5 Å². The van der Waals surface area contributed by atoms with Gasteiger partial charge in [0.15, 0.2) is 0 Å². The fourth-order valence-electron chi connectivity index (χ4n) is 9.32. The number of carbonyl (C=O) groups excluding carboxylic acids is 1. The molecule has 4 aliphatic rings. The second kappa shape index (κ2) is 9.17. The molecule has 0 aromatic carbocycles. The average Bonchev–Trinajstić information content (AvgIpc) is 3.44. The van der Waals surface area contributed by atoms with Gasteiger partial charge in [0.1, 0.15) is 0 Å². The van der Waals surface area contributed by atoms with Gasteiger partial charge in [-0.05, 0) is 103 Å². The highest BCUT2D eigenvalue weighted by Crippen LogP contribution is 2.68. The number of fused-ring (bicyclic) bond motifs is 5. The monoisotopic (exact) mass is 489 g/mol. The lowest BCUT2D eigenvalue weighted by Crippen LogP contribution is -2.64. The third-order valence-electron chi connectivity index (χ3n) is 11.0. The molecular weight excluding hydrogens is 446 g/mol. The van der Waals surface area contributed by atoms with Crippen molar-refractivity contribution in [1.29, 1.82) is 0 Å². The maximum atomic E-state index is 12.7. The summed E-state index contributed by atoms with van der Waals surface area (Å²) in [6, 6.07) is 4.07. The van der Waals surface area contributed by atoms with Gasteiger partial charge in [0.05, 0.1) is 24.9 Å². The van der Waals surface area contributed by atoms with Gasteiger partial charge in [-0.3, -0.25) is 4.79 Å². The highest BCUT2D eigenvalue weighted by molar-refractivity contribution is 7.09. The van der Waals surface area contributed by atoms with Crippen LogP contribution in [0.2, 0.25) is 0 Å². The van der Waals surface area contributed by atoms with E-state index in [4.69, 9.17) is 0 Å². The predicted molar refractivity (Wildman–Crippen MR) is 134 cm³/mol. The molecule has 4 saturated carbocycles. The van der Waals surface area contributed by atoms with Gasteiger partial charge in [-0.1, -0.05) is 26.8 Å². The molecule has 1 heterocycles. The normalized spacial score (nSPS) is 46.8. The van der Waals surface area contributed by atoms with Gasteiger partial charge >= 0.3 is 0 Å². The molecule has 1 aromatic heterocycles. The summed E-state index contributed by atoms with van der Waals surface area (Å²) in [5.41, 5.74) is 0.0992.